The molecule has 1 fully saturated rings. The van der Waals surface area contributed by atoms with Crippen LogP contribution in [0, 0.1) is 0 Å². The summed E-state index contributed by atoms with van der Waals surface area (Å²) in [5.74, 6) is -0.0312. The number of hydrogen-bond acceptors (Lipinski definition) is 4. The second-order valence-electron chi connectivity index (χ2n) is 12.0. The van der Waals surface area contributed by atoms with E-state index in [1.54, 1.807) is 6.07 Å². The number of alkyl halides is 3. The first-order valence-corrected chi connectivity index (χ1v) is 16.4. The quantitative estimate of drug-likeness (QED) is 0.129. The smallest absolute Gasteiger partial charge is 0.417 e. The van der Waals surface area contributed by atoms with Gasteiger partial charge in [0.1, 0.15) is 11.8 Å². The molecule has 248 valence electrons. The SMILES string of the molecule is O=C(O)[C@@H]1CCCN1CCc1cccc(OCCCN(Cc2cccc(C(F)(F)F)c2Cl)CC(c2ccccc2)c2ccccc2)c1. The molecule has 4 aromatic carbocycles. The Hall–Kier alpha value is -3.85. The van der Waals surface area contributed by atoms with Crippen molar-refractivity contribution in [2.24, 2.45) is 0 Å². The lowest BCUT2D eigenvalue weighted by atomic mass is 9.90. The summed E-state index contributed by atoms with van der Waals surface area (Å²) in [5, 5.41) is 9.21. The Balaban J connectivity index is 1.27. The van der Waals surface area contributed by atoms with E-state index < -0.39 is 23.8 Å². The van der Waals surface area contributed by atoms with Crippen molar-refractivity contribution >= 4 is 17.6 Å². The number of carbonyl (C=O) groups is 1. The molecule has 1 atom stereocenters. The summed E-state index contributed by atoms with van der Waals surface area (Å²) >= 11 is 6.35. The molecule has 5 nitrogen and oxygen atoms in total. The fourth-order valence-electron chi connectivity index (χ4n) is 6.34. The summed E-state index contributed by atoms with van der Waals surface area (Å²) in [6, 6.07) is 31.8. The first-order chi connectivity index (χ1) is 22.7. The molecule has 1 heterocycles. The zero-order valence-corrected chi connectivity index (χ0v) is 27.0. The molecule has 1 saturated heterocycles. The summed E-state index contributed by atoms with van der Waals surface area (Å²) < 4.78 is 47.2. The van der Waals surface area contributed by atoms with Crippen molar-refractivity contribution in [1.82, 2.24) is 9.80 Å². The van der Waals surface area contributed by atoms with Crippen LogP contribution >= 0.6 is 11.6 Å². The Bertz CT molecular complexity index is 1550. The molecule has 5 rings (SSSR count). The van der Waals surface area contributed by atoms with Gasteiger partial charge < -0.3 is 9.84 Å². The molecule has 0 aliphatic carbocycles. The zero-order valence-electron chi connectivity index (χ0n) is 26.2. The molecule has 0 radical (unpaired) electrons. The third-order valence-electron chi connectivity index (χ3n) is 8.74. The van der Waals surface area contributed by atoms with Crippen LogP contribution in [0.1, 0.15) is 53.0 Å². The van der Waals surface area contributed by atoms with Crippen LogP contribution in [-0.4, -0.2) is 59.7 Å². The highest BCUT2D eigenvalue weighted by Crippen LogP contribution is 2.37. The Morgan fingerprint density at radius 1 is 0.957 bits per heavy atom. The van der Waals surface area contributed by atoms with E-state index in [4.69, 9.17) is 16.3 Å². The lowest BCUT2D eigenvalue weighted by molar-refractivity contribution is -0.142. The largest absolute Gasteiger partial charge is 0.494 e. The summed E-state index contributed by atoms with van der Waals surface area (Å²) in [7, 11) is 0. The molecular formula is C38H40ClF3N2O3. The minimum absolute atomic E-state index is 0.00379. The van der Waals surface area contributed by atoms with E-state index in [0.717, 1.165) is 47.9 Å². The van der Waals surface area contributed by atoms with Crippen LogP contribution in [0.25, 0.3) is 0 Å². The summed E-state index contributed by atoms with van der Waals surface area (Å²) in [5.41, 5.74) is 2.92. The van der Waals surface area contributed by atoms with Gasteiger partial charge in [-0.25, -0.2) is 0 Å². The van der Waals surface area contributed by atoms with E-state index in [0.29, 0.717) is 44.6 Å². The topological polar surface area (TPSA) is 53.0 Å². The van der Waals surface area contributed by atoms with Crippen LogP contribution < -0.4 is 4.74 Å². The van der Waals surface area contributed by atoms with Gasteiger partial charge in [0.2, 0.25) is 0 Å². The normalized spacial score (nSPS) is 15.4. The number of halogens is 4. The van der Waals surface area contributed by atoms with Gasteiger partial charge in [-0.15, -0.1) is 0 Å². The van der Waals surface area contributed by atoms with Gasteiger partial charge in [0.05, 0.1) is 17.2 Å². The fourth-order valence-corrected chi connectivity index (χ4v) is 6.64. The molecule has 1 aliphatic heterocycles. The van der Waals surface area contributed by atoms with Crippen LogP contribution in [0.2, 0.25) is 5.02 Å². The zero-order chi connectivity index (χ0) is 33.2. The van der Waals surface area contributed by atoms with Crippen molar-refractivity contribution in [3.8, 4) is 5.75 Å². The number of likely N-dealkylation sites (tertiary alicyclic amines) is 1. The molecule has 1 aliphatic rings. The van der Waals surface area contributed by atoms with E-state index in [9.17, 15) is 23.1 Å². The summed E-state index contributed by atoms with van der Waals surface area (Å²) in [6.45, 7) is 3.30. The van der Waals surface area contributed by atoms with Crippen LogP contribution in [0.3, 0.4) is 0 Å². The van der Waals surface area contributed by atoms with Crippen LogP contribution in [0.4, 0.5) is 13.2 Å². The number of ether oxygens (including phenoxy) is 1. The van der Waals surface area contributed by atoms with Gasteiger partial charge >= 0.3 is 12.1 Å². The Labute approximate surface area is 279 Å². The minimum atomic E-state index is -4.54. The Kier molecular flexibility index (Phi) is 12.0. The number of nitrogens with zero attached hydrogens (tertiary/aromatic N) is 2. The van der Waals surface area contributed by atoms with Gasteiger partial charge in [0.15, 0.2) is 0 Å². The number of rotatable bonds is 15. The minimum Gasteiger partial charge on any atom is -0.494 e. The van der Waals surface area contributed by atoms with Crippen molar-refractivity contribution in [3.63, 3.8) is 0 Å². The highest BCUT2D eigenvalue weighted by Gasteiger charge is 2.34. The Morgan fingerprint density at radius 3 is 2.30 bits per heavy atom. The molecular weight excluding hydrogens is 625 g/mol. The van der Waals surface area contributed by atoms with Crippen molar-refractivity contribution in [2.75, 3.05) is 32.8 Å². The molecule has 0 bridgehead atoms. The summed E-state index contributed by atoms with van der Waals surface area (Å²) in [4.78, 5) is 15.7. The maximum Gasteiger partial charge on any atom is 0.417 e. The molecule has 0 saturated carbocycles. The average molecular weight is 665 g/mol. The second kappa shape index (κ2) is 16.3. The van der Waals surface area contributed by atoms with Gasteiger partial charge in [-0.05, 0) is 72.7 Å². The predicted molar refractivity (Wildman–Crippen MR) is 179 cm³/mol. The van der Waals surface area contributed by atoms with Crippen molar-refractivity contribution in [3.05, 3.63) is 136 Å². The fraction of sp³-hybridized carbons (Fsp3) is 0.342. The van der Waals surface area contributed by atoms with Crippen LogP contribution in [0.15, 0.2) is 103 Å². The van der Waals surface area contributed by atoms with Crippen LogP contribution in [-0.2, 0) is 23.9 Å². The summed E-state index contributed by atoms with van der Waals surface area (Å²) in [6.07, 6.45) is -1.58. The molecule has 9 heteroatoms. The van der Waals surface area contributed by atoms with Crippen molar-refractivity contribution < 1.29 is 27.8 Å². The van der Waals surface area contributed by atoms with Crippen molar-refractivity contribution in [1.29, 1.82) is 0 Å². The highest BCUT2D eigenvalue weighted by atomic mass is 35.5. The predicted octanol–water partition coefficient (Wildman–Crippen LogP) is 8.55. The standard InChI is InChI=1S/C38H40ClF3N2O3/c39-36-31(16-8-18-34(36)38(40,41)42)26-43(27-33(29-12-3-1-4-13-29)30-14-5-2-6-15-30)21-10-24-47-32-17-7-11-28(25-32)20-23-44-22-9-19-35(44)37(45)46/h1-8,11-18,25,33,35H,9-10,19-24,26-27H2,(H,45,46)/t35-/m0/s1. The monoisotopic (exact) mass is 664 g/mol. The van der Waals surface area contributed by atoms with Gasteiger partial charge in [-0.3, -0.25) is 14.6 Å². The van der Waals surface area contributed by atoms with E-state index in [2.05, 4.69) is 29.2 Å². The molecule has 0 amide bonds. The average Bonchev–Trinajstić information content (AvgIpc) is 3.55. The second-order valence-corrected chi connectivity index (χ2v) is 12.4. The molecule has 4 aromatic rings. The maximum atomic E-state index is 13.7. The van der Waals surface area contributed by atoms with E-state index >= 15 is 0 Å². The Morgan fingerprint density at radius 2 is 1.64 bits per heavy atom. The third-order valence-corrected chi connectivity index (χ3v) is 9.19. The number of hydrogen-bond donors (Lipinski definition) is 1. The van der Waals surface area contributed by atoms with Crippen LogP contribution in [0.5, 0.6) is 5.75 Å². The van der Waals surface area contributed by atoms with Gasteiger partial charge in [0, 0.05) is 32.1 Å². The first kappa shape index (κ1) is 34.5. The van der Waals surface area contributed by atoms with Gasteiger partial charge in [-0.1, -0.05) is 96.5 Å². The van der Waals surface area contributed by atoms with Gasteiger partial charge in [0.25, 0.3) is 0 Å². The molecule has 47 heavy (non-hydrogen) atoms. The van der Waals surface area contributed by atoms with Crippen molar-refractivity contribution in [2.45, 2.75) is 50.4 Å². The number of aliphatic carboxylic acids is 1. The highest BCUT2D eigenvalue weighted by molar-refractivity contribution is 6.32. The lowest BCUT2D eigenvalue weighted by Gasteiger charge is -2.29. The van der Waals surface area contributed by atoms with E-state index in [1.807, 2.05) is 65.6 Å². The molecule has 0 unspecified atom stereocenters. The first-order valence-electron chi connectivity index (χ1n) is 16.0. The van der Waals surface area contributed by atoms with Gasteiger partial charge in [-0.2, -0.15) is 13.2 Å². The third kappa shape index (κ3) is 9.60. The number of benzene rings is 4. The van der Waals surface area contributed by atoms with E-state index in [1.165, 1.54) is 6.07 Å². The molecule has 0 aromatic heterocycles. The lowest BCUT2D eigenvalue weighted by Crippen LogP contribution is -2.37. The molecule has 0 spiro atoms. The number of carboxylic acids is 1. The molecule has 1 N–H and O–H groups in total. The maximum absolute atomic E-state index is 13.7. The van der Waals surface area contributed by atoms with E-state index in [-0.39, 0.29) is 17.5 Å². The number of carboxylic acid groups (broad SMARTS) is 1.